The van der Waals surface area contributed by atoms with Crippen molar-refractivity contribution in [2.24, 2.45) is 0 Å². The number of hydrogen-bond donors (Lipinski definition) is 1. The Labute approximate surface area is 113 Å². The highest BCUT2D eigenvalue weighted by atomic mass is 16.6. The van der Waals surface area contributed by atoms with Crippen LogP contribution in [0.2, 0.25) is 0 Å². The Morgan fingerprint density at radius 1 is 1.30 bits per heavy atom. The van der Waals surface area contributed by atoms with Gasteiger partial charge < -0.3 is 9.84 Å². The van der Waals surface area contributed by atoms with Gasteiger partial charge in [0.25, 0.3) is 5.69 Å². The molecule has 0 bridgehead atoms. The van der Waals surface area contributed by atoms with Crippen molar-refractivity contribution < 1.29 is 19.6 Å². The third kappa shape index (κ3) is 2.89. The van der Waals surface area contributed by atoms with E-state index in [0.717, 1.165) is 11.6 Å². The van der Waals surface area contributed by atoms with Crippen LogP contribution in [0.3, 0.4) is 0 Å². The quantitative estimate of drug-likeness (QED) is 0.662. The first-order valence-electron chi connectivity index (χ1n) is 5.62. The Morgan fingerprint density at radius 2 is 2.00 bits per heavy atom. The zero-order valence-electron chi connectivity index (χ0n) is 10.2. The van der Waals surface area contributed by atoms with Gasteiger partial charge in [0.05, 0.1) is 4.92 Å². The maximum atomic E-state index is 11.2. The Morgan fingerprint density at radius 3 is 2.60 bits per heavy atom. The normalized spacial score (nSPS) is 10.0. The molecule has 102 valence electrons. The summed E-state index contributed by atoms with van der Waals surface area (Å²) in [5.74, 6) is -1.44. The van der Waals surface area contributed by atoms with Crippen molar-refractivity contribution in [3.8, 4) is 5.75 Å². The molecule has 1 heterocycles. The number of pyridine rings is 1. The number of hydrogen-bond acceptors (Lipinski definition) is 5. The third-order valence-corrected chi connectivity index (χ3v) is 2.56. The lowest BCUT2D eigenvalue weighted by molar-refractivity contribution is -0.385. The van der Waals surface area contributed by atoms with Gasteiger partial charge in [-0.2, -0.15) is 0 Å². The number of carboxylic acids is 1. The second kappa shape index (κ2) is 5.79. The summed E-state index contributed by atoms with van der Waals surface area (Å²) >= 11 is 0. The van der Waals surface area contributed by atoms with Gasteiger partial charge >= 0.3 is 5.97 Å². The van der Waals surface area contributed by atoms with E-state index < -0.39 is 22.1 Å². The molecular weight excluding hydrogens is 264 g/mol. The number of carbonyl (C=O) groups is 1. The van der Waals surface area contributed by atoms with Crippen molar-refractivity contribution in [2.75, 3.05) is 0 Å². The summed E-state index contributed by atoms with van der Waals surface area (Å²) in [5.41, 5.74) is -0.167. The first-order chi connectivity index (χ1) is 9.59. The zero-order chi connectivity index (χ0) is 14.5. The van der Waals surface area contributed by atoms with Crippen molar-refractivity contribution in [1.82, 2.24) is 4.98 Å². The largest absolute Gasteiger partial charge is 0.488 e. The summed E-state index contributed by atoms with van der Waals surface area (Å²) in [4.78, 5) is 25.1. The van der Waals surface area contributed by atoms with Crippen LogP contribution >= 0.6 is 0 Å². The number of nitro groups is 1. The lowest BCUT2D eigenvalue weighted by atomic mass is 10.1. The van der Waals surface area contributed by atoms with E-state index in [0.29, 0.717) is 0 Å². The molecule has 0 radical (unpaired) electrons. The van der Waals surface area contributed by atoms with Gasteiger partial charge in [0, 0.05) is 18.5 Å². The highest BCUT2D eigenvalue weighted by Gasteiger charge is 2.24. The van der Waals surface area contributed by atoms with Gasteiger partial charge in [-0.1, -0.05) is 6.07 Å². The summed E-state index contributed by atoms with van der Waals surface area (Å²) in [5, 5.41) is 19.9. The molecule has 7 heteroatoms. The van der Waals surface area contributed by atoms with E-state index in [9.17, 15) is 14.9 Å². The summed E-state index contributed by atoms with van der Waals surface area (Å²) in [6, 6.07) is 7.31. The van der Waals surface area contributed by atoms with Gasteiger partial charge in [-0.3, -0.25) is 15.1 Å². The Balaban J connectivity index is 2.30. The van der Waals surface area contributed by atoms with Gasteiger partial charge in [-0.05, 0) is 23.8 Å². The molecule has 0 aliphatic heterocycles. The number of rotatable bonds is 5. The van der Waals surface area contributed by atoms with E-state index in [2.05, 4.69) is 4.98 Å². The van der Waals surface area contributed by atoms with Crippen LogP contribution in [0.5, 0.6) is 5.75 Å². The minimum atomic E-state index is -1.40. The lowest BCUT2D eigenvalue weighted by Gasteiger charge is -2.09. The van der Waals surface area contributed by atoms with E-state index in [1.54, 1.807) is 24.5 Å². The van der Waals surface area contributed by atoms with Crippen LogP contribution in [0, 0.1) is 10.1 Å². The smallest absolute Gasteiger partial charge is 0.346 e. The van der Waals surface area contributed by atoms with Gasteiger partial charge in [-0.15, -0.1) is 0 Å². The lowest BCUT2D eigenvalue weighted by Crippen LogP contribution is -2.07. The van der Waals surface area contributed by atoms with Crippen LogP contribution < -0.4 is 4.74 Å². The molecule has 0 aliphatic carbocycles. The van der Waals surface area contributed by atoms with Crippen molar-refractivity contribution in [3.63, 3.8) is 0 Å². The average Bonchev–Trinajstić information content (AvgIpc) is 2.45. The molecule has 1 aromatic heterocycles. The predicted octanol–water partition coefficient (Wildman–Crippen LogP) is 2.27. The fourth-order valence-corrected chi connectivity index (χ4v) is 1.65. The van der Waals surface area contributed by atoms with Crippen LogP contribution in [0.25, 0.3) is 0 Å². The first-order valence-corrected chi connectivity index (χ1v) is 5.62. The average molecular weight is 274 g/mol. The molecule has 0 spiro atoms. The second-order valence-electron chi connectivity index (χ2n) is 3.86. The first kappa shape index (κ1) is 13.5. The van der Waals surface area contributed by atoms with Crippen molar-refractivity contribution in [1.29, 1.82) is 0 Å². The minimum absolute atomic E-state index is 0.0384. The van der Waals surface area contributed by atoms with E-state index >= 15 is 0 Å². The van der Waals surface area contributed by atoms with Crippen molar-refractivity contribution in [2.45, 2.75) is 6.61 Å². The summed E-state index contributed by atoms with van der Waals surface area (Å²) in [6.07, 6.45) is 3.15. The molecule has 0 unspecified atom stereocenters. The summed E-state index contributed by atoms with van der Waals surface area (Å²) in [6.45, 7) is 0.101. The fourth-order valence-electron chi connectivity index (χ4n) is 1.65. The number of nitro benzene ring substituents is 1. The van der Waals surface area contributed by atoms with Gasteiger partial charge in [0.1, 0.15) is 12.4 Å². The number of aromatic carboxylic acids is 1. The molecule has 0 amide bonds. The molecule has 0 atom stereocenters. The van der Waals surface area contributed by atoms with Crippen LogP contribution in [0.1, 0.15) is 15.9 Å². The molecular formula is C13H10N2O5. The van der Waals surface area contributed by atoms with Crippen LogP contribution in [0.15, 0.2) is 42.7 Å². The van der Waals surface area contributed by atoms with Crippen LogP contribution in [-0.4, -0.2) is 21.0 Å². The fraction of sp³-hybridized carbons (Fsp3) is 0.0769. The summed E-state index contributed by atoms with van der Waals surface area (Å²) in [7, 11) is 0. The minimum Gasteiger partial charge on any atom is -0.488 e. The Kier molecular flexibility index (Phi) is 3.90. The SMILES string of the molecule is O=C(O)c1c(OCc2ccncc2)cccc1[N+](=O)[O-]. The number of aromatic nitrogens is 1. The molecule has 0 aliphatic rings. The van der Waals surface area contributed by atoms with Crippen LogP contribution in [-0.2, 0) is 6.61 Å². The monoisotopic (exact) mass is 274 g/mol. The highest BCUT2D eigenvalue weighted by Crippen LogP contribution is 2.28. The molecule has 20 heavy (non-hydrogen) atoms. The molecule has 2 rings (SSSR count). The number of benzene rings is 1. The maximum absolute atomic E-state index is 11.2. The van der Waals surface area contributed by atoms with Gasteiger partial charge in [0.2, 0.25) is 0 Å². The number of nitrogens with zero attached hydrogens (tertiary/aromatic N) is 2. The third-order valence-electron chi connectivity index (χ3n) is 2.56. The second-order valence-corrected chi connectivity index (χ2v) is 3.86. The summed E-state index contributed by atoms with van der Waals surface area (Å²) < 4.78 is 5.36. The highest BCUT2D eigenvalue weighted by molar-refractivity contribution is 5.95. The van der Waals surface area contributed by atoms with Crippen LogP contribution in [0.4, 0.5) is 5.69 Å². The molecule has 0 saturated heterocycles. The topological polar surface area (TPSA) is 103 Å². The van der Waals surface area contributed by atoms with Crippen molar-refractivity contribution >= 4 is 11.7 Å². The molecule has 1 N–H and O–H groups in total. The maximum Gasteiger partial charge on any atom is 0.346 e. The Hall–Kier alpha value is -2.96. The zero-order valence-corrected chi connectivity index (χ0v) is 10.2. The number of carboxylic acid groups (broad SMARTS) is 1. The number of ether oxygens (including phenoxy) is 1. The molecule has 1 aromatic carbocycles. The van der Waals surface area contributed by atoms with Crippen molar-refractivity contribution in [3.05, 3.63) is 64.0 Å². The predicted molar refractivity (Wildman–Crippen MR) is 68.6 cm³/mol. The molecule has 2 aromatic rings. The standard InChI is InChI=1S/C13H10N2O5/c16-13(17)12-10(15(18)19)2-1-3-11(12)20-8-9-4-6-14-7-5-9/h1-7H,8H2,(H,16,17). The molecule has 7 nitrogen and oxygen atoms in total. The van der Waals surface area contributed by atoms with E-state index in [1.165, 1.54) is 12.1 Å². The molecule has 0 saturated carbocycles. The van der Waals surface area contributed by atoms with Gasteiger partial charge in [0.15, 0.2) is 5.56 Å². The van der Waals surface area contributed by atoms with E-state index in [1.807, 2.05) is 0 Å². The van der Waals surface area contributed by atoms with E-state index in [-0.39, 0.29) is 12.4 Å². The Bertz CT molecular complexity index is 642. The van der Waals surface area contributed by atoms with Gasteiger partial charge in [-0.25, -0.2) is 4.79 Å². The van der Waals surface area contributed by atoms with E-state index in [4.69, 9.17) is 9.84 Å². The molecule has 0 fully saturated rings.